The van der Waals surface area contributed by atoms with Crippen LogP contribution in [-0.4, -0.2) is 133 Å². The van der Waals surface area contributed by atoms with E-state index in [4.69, 9.17) is 25.5 Å². The first-order chi connectivity index (χ1) is 25.4. The first kappa shape index (κ1) is 43.7. The van der Waals surface area contributed by atoms with Crippen LogP contribution in [0.3, 0.4) is 0 Å². The average molecular weight is 853 g/mol. The van der Waals surface area contributed by atoms with Crippen molar-refractivity contribution in [1.29, 1.82) is 0 Å². The highest BCUT2D eigenvalue weighted by Gasteiger charge is 2.45. The molecule has 54 heavy (non-hydrogen) atoms. The van der Waals surface area contributed by atoms with Gasteiger partial charge >= 0.3 is 31.1 Å². The number of hydrogen-bond donors (Lipinski definition) is 10. The van der Waals surface area contributed by atoms with E-state index in [-0.39, 0.29) is 34.0 Å². The normalized spacial score (nSPS) is 19.0. The van der Waals surface area contributed by atoms with Gasteiger partial charge in [0.15, 0.2) is 35.4 Å². The number of fused-ring (bicyclic) bond motifs is 2. The molecule has 4 rings (SSSR count). The van der Waals surface area contributed by atoms with E-state index in [1.807, 2.05) is 0 Å². The van der Waals surface area contributed by atoms with Crippen LogP contribution in [0.2, 0.25) is 0 Å². The van der Waals surface area contributed by atoms with Crippen LogP contribution in [-0.2, 0) is 49.9 Å². The molecule has 0 saturated carbocycles. The molecule has 302 valence electrons. The van der Waals surface area contributed by atoms with Crippen LogP contribution in [0.15, 0.2) is 25.3 Å². The fourth-order valence-corrected chi connectivity index (χ4v) is 10.1. The number of aliphatic hydroxyl groups is 4. The van der Waals surface area contributed by atoms with E-state index < -0.39 is 95.4 Å². The lowest BCUT2D eigenvalue weighted by Crippen LogP contribution is -2.30. The molecule has 8 unspecified atom stereocenters. The summed E-state index contributed by atoms with van der Waals surface area (Å²) in [6, 6.07) is 0. The number of nitrogens with one attached hydrogen (secondary N) is 1. The summed E-state index contributed by atoms with van der Waals surface area (Å²) >= 11 is 0. The summed E-state index contributed by atoms with van der Waals surface area (Å²) in [6.07, 6.45) is -1.01. The van der Waals surface area contributed by atoms with Gasteiger partial charge < -0.3 is 56.0 Å². The van der Waals surface area contributed by atoms with Crippen LogP contribution >= 0.6 is 31.1 Å². The van der Waals surface area contributed by atoms with Crippen molar-refractivity contribution < 1.29 is 85.0 Å². The number of imidazole rings is 2. The summed E-state index contributed by atoms with van der Waals surface area (Å²) in [6.45, 7) is -5.20. The summed E-state index contributed by atoms with van der Waals surface area (Å²) < 4.78 is 86.6. The maximum absolute atomic E-state index is 13.0. The molecule has 33 heteroatoms. The van der Waals surface area contributed by atoms with E-state index in [9.17, 15) is 53.4 Å². The smallest absolute Gasteiger partial charge is 0.394 e. The van der Waals surface area contributed by atoms with Crippen molar-refractivity contribution in [3.8, 4) is 0 Å². The lowest BCUT2D eigenvalue weighted by atomic mass is 10.4. The zero-order valence-electron chi connectivity index (χ0n) is 27.5. The number of anilines is 2. The van der Waals surface area contributed by atoms with Crippen molar-refractivity contribution in [2.24, 2.45) is 0 Å². The summed E-state index contributed by atoms with van der Waals surface area (Å²) in [5.41, 5.74) is 12.0. The topological polar surface area (TPSA) is 426 Å². The average Bonchev–Trinajstić information content (AvgIpc) is 3.74. The molecule has 0 bridgehead atoms. The van der Waals surface area contributed by atoms with Crippen molar-refractivity contribution in [1.82, 2.24) is 43.9 Å². The van der Waals surface area contributed by atoms with Crippen molar-refractivity contribution in [3.63, 3.8) is 0 Å². The second-order valence-corrected chi connectivity index (χ2v) is 17.2. The van der Waals surface area contributed by atoms with Crippen LogP contribution in [0.5, 0.6) is 0 Å². The highest BCUT2D eigenvalue weighted by Crippen LogP contribution is 2.67. The van der Waals surface area contributed by atoms with Gasteiger partial charge in [0.1, 0.15) is 35.9 Å². The first-order valence-electron chi connectivity index (χ1n) is 14.6. The summed E-state index contributed by atoms with van der Waals surface area (Å²) in [4.78, 5) is 54.8. The highest BCUT2D eigenvalue weighted by molar-refractivity contribution is 7.73. The van der Waals surface area contributed by atoms with Crippen molar-refractivity contribution in [2.75, 3.05) is 58.2 Å². The van der Waals surface area contributed by atoms with Gasteiger partial charge in [0.25, 0.3) is 0 Å². The molecule has 8 atom stereocenters. The molecule has 0 radical (unpaired) electrons. The van der Waals surface area contributed by atoms with Crippen LogP contribution in [0.4, 0.5) is 11.6 Å². The summed E-state index contributed by atoms with van der Waals surface area (Å²) in [5.74, 6) is 0.0200. The maximum atomic E-state index is 13.0. The molecule has 0 amide bonds. The van der Waals surface area contributed by atoms with Crippen molar-refractivity contribution >= 4 is 65.1 Å². The standard InChI is InChI=1S/C21H35N11O18P4/c1-44-54(43,46-7-13(3-34)48-15(5-36)32-11-29-17-19(23)25-9-27-21(17)32)50-52(39,40)30-51(37,38)49-53(41,42)45-6-12(2-33)47-14(4-35)31-10-28-16-18(22)24-8-26-20(16)31/h8-15,33-36H,2-7H2,1H3,(H,41,42)(H2,22,24,26)(H2,23,25,27)(H3,30,37,38,39,40). The Kier molecular flexibility index (Phi) is 14.8. The molecular weight excluding hydrogens is 818 g/mol. The first-order valence-corrected chi connectivity index (χ1v) is 20.8. The zero-order valence-corrected chi connectivity index (χ0v) is 31.1. The fourth-order valence-electron chi connectivity index (χ4n) is 4.23. The molecule has 0 aromatic carbocycles. The number of aromatic nitrogens is 8. The maximum Gasteiger partial charge on any atom is 0.482 e. The van der Waals surface area contributed by atoms with E-state index in [1.54, 1.807) is 0 Å². The molecule has 4 aromatic rings. The highest BCUT2D eigenvalue weighted by atomic mass is 31.3. The molecule has 0 fully saturated rings. The number of ether oxygens (including phenoxy) is 2. The lowest BCUT2D eigenvalue weighted by Gasteiger charge is -2.26. The third-order valence-corrected chi connectivity index (χ3v) is 13.4. The van der Waals surface area contributed by atoms with Crippen LogP contribution in [0.1, 0.15) is 12.5 Å². The second kappa shape index (κ2) is 18.3. The molecule has 4 heterocycles. The van der Waals surface area contributed by atoms with Gasteiger partial charge in [0.05, 0.1) is 52.3 Å². The number of hydrogen-bond acceptors (Lipinski definition) is 23. The third kappa shape index (κ3) is 11.3. The van der Waals surface area contributed by atoms with Crippen molar-refractivity contribution in [3.05, 3.63) is 25.3 Å². The number of nitrogen functional groups attached to an aromatic ring is 2. The SMILES string of the molecule is COP(=O)(OCC(CO)OC(CO)n1cnc2c(N)ncnc21)OP(=O)(O)NP(=O)(O)OP(=O)(O)OCC(CO)OC(CO)n1cnc2c(N)ncnc21. The Labute approximate surface area is 302 Å². The predicted octanol–water partition coefficient (Wildman–Crippen LogP) is -1.72. The fraction of sp³-hybridized carbons (Fsp3) is 0.524. The third-order valence-electron chi connectivity index (χ3n) is 6.56. The van der Waals surface area contributed by atoms with Gasteiger partial charge in [0, 0.05) is 7.11 Å². The van der Waals surface area contributed by atoms with Crippen molar-refractivity contribution in [2.45, 2.75) is 24.7 Å². The van der Waals surface area contributed by atoms with Gasteiger partial charge in [-0.15, -0.1) is 4.86 Å². The molecule has 0 aliphatic heterocycles. The summed E-state index contributed by atoms with van der Waals surface area (Å²) in [5, 5.41) is 39.2. The van der Waals surface area contributed by atoms with E-state index in [0.29, 0.717) is 7.11 Å². The quantitative estimate of drug-likeness (QED) is 0.0371. The Hall–Kier alpha value is -2.98. The molecule has 0 saturated heterocycles. The van der Waals surface area contributed by atoms with E-state index in [2.05, 4.69) is 47.6 Å². The Balaban J connectivity index is 1.33. The lowest BCUT2D eigenvalue weighted by molar-refractivity contribution is -0.109. The van der Waals surface area contributed by atoms with Crippen LogP contribution in [0.25, 0.3) is 22.3 Å². The number of rotatable bonds is 23. The number of nitrogens with two attached hydrogens (primary N) is 2. The minimum Gasteiger partial charge on any atom is -0.394 e. The minimum absolute atomic E-state index is 0.00464. The summed E-state index contributed by atoms with van der Waals surface area (Å²) in [7, 11) is -21.9. The minimum atomic E-state index is -5.88. The van der Waals surface area contributed by atoms with E-state index in [1.165, 1.54) is 21.8 Å². The number of nitrogens with zero attached hydrogens (tertiary/aromatic N) is 8. The van der Waals surface area contributed by atoms with Gasteiger partial charge in [-0.2, -0.15) is 8.62 Å². The number of aliphatic hydroxyl groups excluding tert-OH is 4. The molecule has 0 aliphatic carbocycles. The number of phosphoric acid groups is 2. The molecule has 0 spiro atoms. The molecule has 12 N–H and O–H groups in total. The second-order valence-electron chi connectivity index (χ2n) is 10.3. The predicted molar refractivity (Wildman–Crippen MR) is 177 cm³/mol. The Morgan fingerprint density at radius 2 is 1.13 bits per heavy atom. The largest absolute Gasteiger partial charge is 0.482 e. The Morgan fingerprint density at radius 1 is 0.685 bits per heavy atom. The van der Waals surface area contributed by atoms with Gasteiger partial charge in [-0.3, -0.25) is 22.7 Å². The van der Waals surface area contributed by atoms with Gasteiger partial charge in [-0.25, -0.2) is 48.2 Å². The zero-order chi connectivity index (χ0) is 39.9. The van der Waals surface area contributed by atoms with Crippen LogP contribution in [0, 0.1) is 0 Å². The van der Waals surface area contributed by atoms with Gasteiger partial charge in [-0.05, 0) is 0 Å². The van der Waals surface area contributed by atoms with Gasteiger partial charge in [0.2, 0.25) is 0 Å². The molecule has 29 nitrogen and oxygen atoms in total. The number of phosphoric ester groups is 2. The van der Waals surface area contributed by atoms with E-state index in [0.717, 1.165) is 17.5 Å². The van der Waals surface area contributed by atoms with Crippen LogP contribution < -0.4 is 16.3 Å². The molecular formula is C21H35N11O18P4. The Morgan fingerprint density at radius 3 is 1.56 bits per heavy atom. The molecule has 0 aliphatic rings. The van der Waals surface area contributed by atoms with E-state index >= 15 is 0 Å². The molecule has 4 aromatic heterocycles. The Bertz CT molecular complexity index is 2070. The monoisotopic (exact) mass is 853 g/mol. The van der Waals surface area contributed by atoms with Gasteiger partial charge in [-0.1, -0.05) is 0 Å².